The molecule has 0 spiro atoms. The Hall–Kier alpha value is -0.830. The number of nitrogens with zero attached hydrogens (tertiary/aromatic N) is 2. The van der Waals surface area contributed by atoms with Gasteiger partial charge in [0.05, 0.1) is 12.0 Å². The Morgan fingerprint density at radius 2 is 1.95 bits per heavy atom. The molecule has 3 heteroatoms. The first-order valence-electron chi connectivity index (χ1n) is 8.15. The number of aromatic nitrogens is 2. The summed E-state index contributed by atoms with van der Waals surface area (Å²) in [5.74, 6) is 3.00. The van der Waals surface area contributed by atoms with Crippen LogP contribution in [-0.4, -0.2) is 16.1 Å². The van der Waals surface area contributed by atoms with Gasteiger partial charge in [0.1, 0.15) is 0 Å². The molecular formula is C16H25N3. The highest BCUT2D eigenvalue weighted by Gasteiger charge is 2.41. The summed E-state index contributed by atoms with van der Waals surface area (Å²) in [6.45, 7) is 2.40. The van der Waals surface area contributed by atoms with Gasteiger partial charge in [-0.05, 0) is 62.8 Å². The van der Waals surface area contributed by atoms with Crippen LogP contribution in [-0.2, 0) is 6.54 Å². The molecule has 1 atom stereocenters. The highest BCUT2D eigenvalue weighted by Crippen LogP contribution is 2.50. The largest absolute Gasteiger partial charge is 0.333 e. The zero-order valence-corrected chi connectivity index (χ0v) is 11.7. The molecule has 2 saturated carbocycles. The van der Waals surface area contributed by atoms with E-state index >= 15 is 0 Å². The number of rotatable bonds is 5. The van der Waals surface area contributed by atoms with Crippen LogP contribution in [0.25, 0.3) is 0 Å². The number of nitrogens with one attached hydrogen (secondary N) is 1. The Bertz CT molecular complexity index is 413. The fourth-order valence-electron chi connectivity index (χ4n) is 3.84. The average molecular weight is 259 g/mol. The molecule has 1 aromatic rings. The summed E-state index contributed by atoms with van der Waals surface area (Å²) in [7, 11) is 0. The van der Waals surface area contributed by atoms with Gasteiger partial charge < -0.3 is 9.88 Å². The van der Waals surface area contributed by atoms with Gasteiger partial charge in [0.25, 0.3) is 0 Å². The van der Waals surface area contributed by atoms with E-state index in [1.54, 1.807) is 0 Å². The zero-order valence-electron chi connectivity index (χ0n) is 11.7. The first-order chi connectivity index (χ1) is 9.42. The van der Waals surface area contributed by atoms with Crippen molar-refractivity contribution in [1.29, 1.82) is 0 Å². The summed E-state index contributed by atoms with van der Waals surface area (Å²) >= 11 is 0. The van der Waals surface area contributed by atoms with Gasteiger partial charge in [-0.3, -0.25) is 0 Å². The van der Waals surface area contributed by atoms with Gasteiger partial charge in [-0.25, -0.2) is 4.98 Å². The van der Waals surface area contributed by atoms with E-state index in [1.165, 1.54) is 63.7 Å². The molecule has 1 saturated heterocycles. The molecule has 0 radical (unpaired) electrons. The molecule has 0 bridgehead atoms. The first kappa shape index (κ1) is 12.0. The molecule has 3 fully saturated rings. The van der Waals surface area contributed by atoms with Gasteiger partial charge in [-0.2, -0.15) is 0 Å². The molecule has 2 heterocycles. The maximum Gasteiger partial charge on any atom is 0.0948 e. The molecular weight excluding hydrogens is 234 g/mol. The number of hydrogen-bond donors (Lipinski definition) is 1. The van der Waals surface area contributed by atoms with Crippen molar-refractivity contribution in [1.82, 2.24) is 14.9 Å². The van der Waals surface area contributed by atoms with Crippen LogP contribution in [0, 0.1) is 17.8 Å². The van der Waals surface area contributed by atoms with Crippen LogP contribution in [0.4, 0.5) is 0 Å². The fraction of sp³-hybridized carbons (Fsp3) is 0.812. The van der Waals surface area contributed by atoms with E-state index in [4.69, 9.17) is 0 Å². The first-order valence-corrected chi connectivity index (χ1v) is 8.15. The predicted octanol–water partition coefficient (Wildman–Crippen LogP) is 3.13. The number of imidazole rings is 1. The second-order valence-electron chi connectivity index (χ2n) is 6.81. The predicted molar refractivity (Wildman–Crippen MR) is 75.8 cm³/mol. The van der Waals surface area contributed by atoms with Crippen molar-refractivity contribution < 1.29 is 0 Å². The van der Waals surface area contributed by atoms with Crippen LogP contribution < -0.4 is 5.32 Å². The van der Waals surface area contributed by atoms with Gasteiger partial charge in [-0.1, -0.05) is 6.42 Å². The lowest BCUT2D eigenvalue weighted by molar-refractivity contribution is 0.328. The molecule has 19 heavy (non-hydrogen) atoms. The van der Waals surface area contributed by atoms with Crippen LogP contribution >= 0.6 is 0 Å². The van der Waals surface area contributed by atoms with E-state index in [9.17, 15) is 0 Å². The minimum Gasteiger partial charge on any atom is -0.333 e. The molecule has 4 rings (SSSR count). The fourth-order valence-corrected chi connectivity index (χ4v) is 3.84. The lowest BCUT2D eigenvalue weighted by atomic mass is 9.97. The van der Waals surface area contributed by atoms with E-state index in [1.807, 2.05) is 0 Å². The third-order valence-electron chi connectivity index (χ3n) is 5.27. The minimum absolute atomic E-state index is 0.551. The molecule has 1 aliphatic heterocycles. The number of hydrogen-bond acceptors (Lipinski definition) is 2. The maximum atomic E-state index is 4.43. The molecule has 1 N–H and O–H groups in total. The third-order valence-corrected chi connectivity index (χ3v) is 5.27. The number of piperidine rings is 1. The Morgan fingerprint density at radius 1 is 1.16 bits per heavy atom. The van der Waals surface area contributed by atoms with Crippen molar-refractivity contribution in [3.05, 3.63) is 18.2 Å². The molecule has 104 valence electrons. The molecule has 0 amide bonds. The summed E-state index contributed by atoms with van der Waals surface area (Å²) in [6, 6.07) is 0.551. The summed E-state index contributed by atoms with van der Waals surface area (Å²) in [6.07, 6.45) is 14.1. The normalized spacial score (nSPS) is 27.9. The monoisotopic (exact) mass is 259 g/mol. The maximum absolute atomic E-state index is 4.43. The molecule has 0 aromatic carbocycles. The lowest BCUT2D eigenvalue weighted by Crippen LogP contribution is -2.29. The van der Waals surface area contributed by atoms with Crippen LogP contribution in [0.5, 0.6) is 0 Å². The summed E-state index contributed by atoms with van der Waals surface area (Å²) < 4.78 is 2.46. The smallest absolute Gasteiger partial charge is 0.0948 e. The second-order valence-corrected chi connectivity index (χ2v) is 6.81. The lowest BCUT2D eigenvalue weighted by Gasteiger charge is -2.26. The quantitative estimate of drug-likeness (QED) is 0.880. The van der Waals surface area contributed by atoms with Crippen molar-refractivity contribution >= 4 is 0 Å². The van der Waals surface area contributed by atoms with E-state index in [0.29, 0.717) is 6.04 Å². The van der Waals surface area contributed by atoms with Crippen molar-refractivity contribution in [2.24, 2.45) is 17.8 Å². The second kappa shape index (κ2) is 4.93. The minimum atomic E-state index is 0.551. The molecule has 3 nitrogen and oxygen atoms in total. The van der Waals surface area contributed by atoms with Crippen molar-refractivity contribution in [3.63, 3.8) is 0 Å². The summed E-state index contributed by atoms with van der Waals surface area (Å²) in [5.41, 5.74) is 1.44. The molecule has 1 unspecified atom stereocenters. The van der Waals surface area contributed by atoms with Crippen molar-refractivity contribution in [2.75, 3.05) is 6.54 Å². The molecule has 1 aromatic heterocycles. The average Bonchev–Trinajstić information content (AvgIpc) is 3.37. The van der Waals surface area contributed by atoms with Gasteiger partial charge >= 0.3 is 0 Å². The highest BCUT2D eigenvalue weighted by atomic mass is 15.1. The Morgan fingerprint density at radius 3 is 2.58 bits per heavy atom. The summed E-state index contributed by atoms with van der Waals surface area (Å²) in [5, 5.41) is 3.66. The molecule has 2 aliphatic carbocycles. The van der Waals surface area contributed by atoms with Gasteiger partial charge in [0.2, 0.25) is 0 Å². The van der Waals surface area contributed by atoms with Crippen LogP contribution in [0.2, 0.25) is 0 Å². The topological polar surface area (TPSA) is 29.9 Å². The Labute approximate surface area is 115 Å². The van der Waals surface area contributed by atoms with Crippen LogP contribution in [0.15, 0.2) is 12.5 Å². The van der Waals surface area contributed by atoms with E-state index in [-0.39, 0.29) is 0 Å². The SMILES string of the molecule is c1ncn(CC(C2CC2)C2CC2)c1C1CCCCN1. The van der Waals surface area contributed by atoms with E-state index < -0.39 is 0 Å². The Balaban J connectivity index is 1.49. The van der Waals surface area contributed by atoms with Crippen LogP contribution in [0.1, 0.15) is 56.7 Å². The van der Waals surface area contributed by atoms with Crippen molar-refractivity contribution in [3.8, 4) is 0 Å². The zero-order chi connectivity index (χ0) is 12.7. The van der Waals surface area contributed by atoms with Gasteiger partial charge in [-0.15, -0.1) is 0 Å². The summed E-state index contributed by atoms with van der Waals surface area (Å²) in [4.78, 5) is 4.43. The highest BCUT2D eigenvalue weighted by molar-refractivity contribution is 5.07. The Kier molecular flexibility index (Phi) is 3.10. The third kappa shape index (κ3) is 2.58. The van der Waals surface area contributed by atoms with E-state index in [0.717, 1.165) is 17.8 Å². The van der Waals surface area contributed by atoms with Gasteiger partial charge in [0, 0.05) is 18.8 Å². The van der Waals surface area contributed by atoms with E-state index in [2.05, 4.69) is 27.4 Å². The van der Waals surface area contributed by atoms with Crippen LogP contribution in [0.3, 0.4) is 0 Å². The van der Waals surface area contributed by atoms with Gasteiger partial charge in [0.15, 0.2) is 0 Å². The molecule has 3 aliphatic rings. The standard InChI is InChI=1S/C16H25N3/c1-2-8-18-15(3-1)16-9-17-11-19(16)10-14(12-4-5-12)13-6-7-13/h9,11-15,18H,1-8,10H2. The van der Waals surface area contributed by atoms with Crippen molar-refractivity contribution in [2.45, 2.75) is 57.5 Å².